The monoisotopic (exact) mass is 392 g/mol. The molecule has 5 nitrogen and oxygen atoms in total. The molecule has 1 atom stereocenters. The highest BCUT2D eigenvalue weighted by Crippen LogP contribution is 2.29. The quantitative estimate of drug-likeness (QED) is 0.838. The van der Waals surface area contributed by atoms with Crippen LogP contribution in [0.5, 0.6) is 0 Å². The molecule has 1 fully saturated rings. The highest BCUT2D eigenvalue weighted by atomic mass is 32.2. The number of thiophene rings is 1. The van der Waals surface area contributed by atoms with E-state index in [2.05, 4.69) is 5.32 Å². The predicted molar refractivity (Wildman–Crippen MR) is 105 cm³/mol. The van der Waals surface area contributed by atoms with Crippen LogP contribution in [0.4, 0.5) is 5.69 Å². The molecule has 1 aliphatic rings. The molecule has 1 aliphatic heterocycles. The molecule has 26 heavy (non-hydrogen) atoms. The van der Waals surface area contributed by atoms with E-state index >= 15 is 0 Å². The van der Waals surface area contributed by atoms with Crippen molar-refractivity contribution in [1.82, 2.24) is 4.31 Å². The SMILES string of the molecule is Cc1cc(C)cc(NC(=O)C[C@@H]2CCCCN2S(=O)(=O)c2cccs2)c1. The number of piperidine rings is 1. The van der Waals surface area contributed by atoms with Gasteiger partial charge in [0.1, 0.15) is 4.21 Å². The fourth-order valence-electron chi connectivity index (χ4n) is 3.49. The largest absolute Gasteiger partial charge is 0.326 e. The van der Waals surface area contributed by atoms with Crippen molar-refractivity contribution in [3.8, 4) is 0 Å². The van der Waals surface area contributed by atoms with Gasteiger partial charge in [-0.2, -0.15) is 4.31 Å². The first-order valence-electron chi connectivity index (χ1n) is 8.80. The van der Waals surface area contributed by atoms with E-state index in [1.807, 2.05) is 32.0 Å². The summed E-state index contributed by atoms with van der Waals surface area (Å²) in [5, 5.41) is 4.68. The Morgan fingerprint density at radius 3 is 2.62 bits per heavy atom. The smallest absolute Gasteiger partial charge is 0.252 e. The Morgan fingerprint density at radius 2 is 1.96 bits per heavy atom. The predicted octanol–water partition coefficient (Wildman–Crippen LogP) is 3.94. The molecule has 0 aliphatic carbocycles. The van der Waals surface area contributed by atoms with E-state index in [1.54, 1.807) is 17.5 Å². The van der Waals surface area contributed by atoms with E-state index in [9.17, 15) is 13.2 Å². The molecule has 140 valence electrons. The Balaban J connectivity index is 1.73. The summed E-state index contributed by atoms with van der Waals surface area (Å²) in [5.41, 5.74) is 2.93. The number of hydrogen-bond donors (Lipinski definition) is 1. The maximum Gasteiger partial charge on any atom is 0.252 e. The van der Waals surface area contributed by atoms with E-state index in [0.717, 1.165) is 29.7 Å². The standard InChI is InChI=1S/C19H24N2O3S2/c1-14-10-15(2)12-16(11-14)20-18(22)13-17-6-3-4-8-21(17)26(23,24)19-7-5-9-25-19/h5,7,9-12,17H,3-4,6,8,13H2,1-2H3,(H,20,22)/t17-/m0/s1. The first-order valence-corrected chi connectivity index (χ1v) is 11.1. The summed E-state index contributed by atoms with van der Waals surface area (Å²) in [6.45, 7) is 4.44. The molecule has 1 N–H and O–H groups in total. The summed E-state index contributed by atoms with van der Waals surface area (Å²) in [6.07, 6.45) is 2.67. The molecule has 0 unspecified atom stereocenters. The lowest BCUT2D eigenvalue weighted by Gasteiger charge is -2.34. The number of nitrogens with zero attached hydrogens (tertiary/aromatic N) is 1. The van der Waals surface area contributed by atoms with Gasteiger partial charge in [0.15, 0.2) is 0 Å². The summed E-state index contributed by atoms with van der Waals surface area (Å²) in [4.78, 5) is 12.5. The number of amides is 1. The fraction of sp³-hybridized carbons (Fsp3) is 0.421. The molecule has 0 bridgehead atoms. The Morgan fingerprint density at radius 1 is 1.23 bits per heavy atom. The van der Waals surface area contributed by atoms with E-state index < -0.39 is 10.0 Å². The highest BCUT2D eigenvalue weighted by molar-refractivity contribution is 7.91. The molecular formula is C19H24N2O3S2. The van der Waals surface area contributed by atoms with Crippen LogP contribution in [-0.4, -0.2) is 31.2 Å². The van der Waals surface area contributed by atoms with Crippen LogP contribution in [0.25, 0.3) is 0 Å². The van der Waals surface area contributed by atoms with E-state index in [0.29, 0.717) is 17.2 Å². The third-order valence-electron chi connectivity index (χ3n) is 4.56. The topological polar surface area (TPSA) is 66.5 Å². The maximum absolute atomic E-state index is 12.9. The molecule has 1 saturated heterocycles. The lowest BCUT2D eigenvalue weighted by atomic mass is 10.0. The van der Waals surface area contributed by atoms with Gasteiger partial charge in [0.05, 0.1) is 0 Å². The minimum Gasteiger partial charge on any atom is -0.326 e. The van der Waals surface area contributed by atoms with Crippen molar-refractivity contribution in [3.63, 3.8) is 0 Å². The molecule has 1 aromatic heterocycles. The fourth-order valence-corrected chi connectivity index (χ4v) is 6.31. The van der Waals surface area contributed by atoms with Crippen LogP contribution in [0.15, 0.2) is 39.9 Å². The number of rotatable bonds is 5. The summed E-state index contributed by atoms with van der Waals surface area (Å²) < 4.78 is 27.6. The average molecular weight is 393 g/mol. The molecule has 0 radical (unpaired) electrons. The second-order valence-corrected chi connectivity index (χ2v) is 9.89. The Kier molecular flexibility index (Phi) is 5.79. The average Bonchev–Trinajstić information content (AvgIpc) is 3.09. The van der Waals surface area contributed by atoms with Crippen LogP contribution in [0.2, 0.25) is 0 Å². The van der Waals surface area contributed by atoms with Crippen LogP contribution in [0.3, 0.4) is 0 Å². The van der Waals surface area contributed by atoms with Gasteiger partial charge in [0.2, 0.25) is 5.91 Å². The normalized spacial score (nSPS) is 18.6. The molecule has 7 heteroatoms. The number of carbonyl (C=O) groups is 1. The van der Waals surface area contributed by atoms with Crippen LogP contribution < -0.4 is 5.32 Å². The molecular weight excluding hydrogens is 368 g/mol. The van der Waals surface area contributed by atoms with Gasteiger partial charge in [-0.3, -0.25) is 4.79 Å². The third-order valence-corrected chi connectivity index (χ3v) is 7.88. The minimum atomic E-state index is -3.53. The van der Waals surface area contributed by atoms with Gasteiger partial charge in [0.25, 0.3) is 10.0 Å². The molecule has 0 spiro atoms. The van der Waals surface area contributed by atoms with Gasteiger partial charge in [-0.05, 0) is 61.4 Å². The van der Waals surface area contributed by atoms with E-state index in [-0.39, 0.29) is 18.4 Å². The second-order valence-electron chi connectivity index (χ2n) is 6.83. The van der Waals surface area contributed by atoms with Crippen molar-refractivity contribution in [2.45, 2.75) is 49.8 Å². The van der Waals surface area contributed by atoms with E-state index in [4.69, 9.17) is 0 Å². The van der Waals surface area contributed by atoms with Gasteiger partial charge in [-0.25, -0.2) is 8.42 Å². The van der Waals surface area contributed by atoms with Crippen LogP contribution >= 0.6 is 11.3 Å². The second kappa shape index (κ2) is 7.90. The zero-order chi connectivity index (χ0) is 18.7. The van der Waals surface area contributed by atoms with Gasteiger partial charge < -0.3 is 5.32 Å². The molecule has 2 heterocycles. The Hall–Kier alpha value is -1.70. The number of hydrogen-bond acceptors (Lipinski definition) is 4. The lowest BCUT2D eigenvalue weighted by molar-refractivity contribution is -0.117. The number of aryl methyl sites for hydroxylation is 2. The Bertz CT molecular complexity index is 856. The number of carbonyl (C=O) groups excluding carboxylic acids is 1. The van der Waals surface area contributed by atoms with Crippen molar-refractivity contribution < 1.29 is 13.2 Å². The van der Waals surface area contributed by atoms with E-state index in [1.165, 1.54) is 15.6 Å². The summed E-state index contributed by atoms with van der Waals surface area (Å²) in [7, 11) is -3.53. The summed E-state index contributed by atoms with van der Waals surface area (Å²) in [6, 6.07) is 8.97. The molecule has 1 aromatic carbocycles. The first-order chi connectivity index (χ1) is 12.4. The number of benzene rings is 1. The molecule has 2 aromatic rings. The van der Waals surface area contributed by atoms with Crippen molar-refractivity contribution in [2.24, 2.45) is 0 Å². The number of anilines is 1. The number of nitrogens with one attached hydrogen (secondary N) is 1. The minimum absolute atomic E-state index is 0.145. The number of sulfonamides is 1. The van der Waals surface area contributed by atoms with Gasteiger partial charge in [-0.15, -0.1) is 11.3 Å². The van der Waals surface area contributed by atoms with Gasteiger partial charge in [0, 0.05) is 24.7 Å². The van der Waals surface area contributed by atoms with Crippen molar-refractivity contribution in [2.75, 3.05) is 11.9 Å². The third kappa shape index (κ3) is 4.34. The first kappa shape index (κ1) is 19.1. The molecule has 3 rings (SSSR count). The maximum atomic E-state index is 12.9. The van der Waals surface area contributed by atoms with Crippen molar-refractivity contribution in [1.29, 1.82) is 0 Å². The Labute approximate surface area is 159 Å². The van der Waals surface area contributed by atoms with Crippen molar-refractivity contribution >= 4 is 33.0 Å². The zero-order valence-electron chi connectivity index (χ0n) is 15.1. The molecule has 1 amide bonds. The highest BCUT2D eigenvalue weighted by Gasteiger charge is 2.35. The van der Waals surface area contributed by atoms with Gasteiger partial charge >= 0.3 is 0 Å². The van der Waals surface area contributed by atoms with Gasteiger partial charge in [-0.1, -0.05) is 18.6 Å². The van der Waals surface area contributed by atoms with Crippen molar-refractivity contribution in [3.05, 3.63) is 46.8 Å². The molecule has 0 saturated carbocycles. The zero-order valence-corrected chi connectivity index (χ0v) is 16.7. The van der Waals surface area contributed by atoms with Crippen LogP contribution in [0.1, 0.15) is 36.8 Å². The van der Waals surface area contributed by atoms with Crippen LogP contribution in [0, 0.1) is 13.8 Å². The summed E-state index contributed by atoms with van der Waals surface area (Å²) >= 11 is 1.22. The summed E-state index contributed by atoms with van der Waals surface area (Å²) in [5.74, 6) is -0.145. The lowest BCUT2D eigenvalue weighted by Crippen LogP contribution is -2.45. The van der Waals surface area contributed by atoms with Crippen LogP contribution in [-0.2, 0) is 14.8 Å².